The molecule has 76 valence electrons. The van der Waals surface area contributed by atoms with Gasteiger partial charge in [-0.2, -0.15) is 0 Å². The number of ether oxygens (including phenoxy) is 3. The molecule has 2 aliphatic rings. The second kappa shape index (κ2) is 5.60. The third kappa shape index (κ3) is 6.05. The predicted molar refractivity (Wildman–Crippen MR) is 50.9 cm³/mol. The zero-order valence-electron chi connectivity index (χ0n) is 7.74. The van der Waals surface area contributed by atoms with Crippen molar-refractivity contribution < 1.29 is 14.2 Å². The van der Waals surface area contributed by atoms with E-state index in [0.29, 0.717) is 18.8 Å². The molecule has 0 aliphatic carbocycles. The minimum atomic E-state index is 0.0231. The summed E-state index contributed by atoms with van der Waals surface area (Å²) < 4.78 is 14.6. The van der Waals surface area contributed by atoms with Crippen LogP contribution in [0.2, 0.25) is 0 Å². The highest BCUT2D eigenvalue weighted by Crippen LogP contribution is 2.23. The second-order valence-corrected chi connectivity index (χ2v) is 3.40. The summed E-state index contributed by atoms with van der Waals surface area (Å²) in [6.45, 7) is 7.69. The van der Waals surface area contributed by atoms with Crippen molar-refractivity contribution in [2.45, 2.75) is 24.7 Å². The van der Waals surface area contributed by atoms with E-state index in [1.165, 1.54) is 0 Å². The molecular weight excluding hydrogens is 192 g/mol. The Morgan fingerprint density at radius 3 is 2.54 bits per heavy atom. The van der Waals surface area contributed by atoms with Gasteiger partial charge in [0.25, 0.3) is 0 Å². The summed E-state index contributed by atoms with van der Waals surface area (Å²) in [5.41, 5.74) is 0.0231. The fourth-order valence-electron chi connectivity index (χ4n) is 0.607. The lowest BCUT2D eigenvalue weighted by Gasteiger charge is -1.92. The van der Waals surface area contributed by atoms with Crippen molar-refractivity contribution in [3.63, 3.8) is 0 Å². The number of halogens is 1. The van der Waals surface area contributed by atoms with Crippen LogP contribution in [0.15, 0.2) is 12.7 Å². The molecule has 2 aliphatic heterocycles. The molecule has 3 atom stereocenters. The lowest BCUT2D eigenvalue weighted by atomic mass is 10.5. The van der Waals surface area contributed by atoms with Crippen molar-refractivity contribution in [1.82, 2.24) is 0 Å². The van der Waals surface area contributed by atoms with E-state index in [9.17, 15) is 0 Å². The summed E-state index contributed by atoms with van der Waals surface area (Å²) >= 11 is 5.31. The third-order valence-corrected chi connectivity index (χ3v) is 2.04. The Morgan fingerprint density at radius 2 is 2.23 bits per heavy atom. The van der Waals surface area contributed by atoms with Gasteiger partial charge in [0.05, 0.1) is 25.9 Å². The standard InChI is InChI=1S/C6H10O2.C3H5ClO/c1-2-3-7-4-6-5-8-6;1-2-3(4)5-2/h2,6H,1,3-5H2;2-3H,1H3. The molecule has 2 heterocycles. The molecule has 0 N–H and O–H groups in total. The van der Waals surface area contributed by atoms with Gasteiger partial charge in [0.1, 0.15) is 6.10 Å². The van der Waals surface area contributed by atoms with E-state index in [1.54, 1.807) is 6.08 Å². The normalized spacial score (nSPS) is 34.5. The van der Waals surface area contributed by atoms with Crippen LogP contribution >= 0.6 is 11.6 Å². The minimum Gasteiger partial charge on any atom is -0.375 e. The smallest absolute Gasteiger partial charge is 0.157 e. The molecule has 2 rings (SSSR count). The van der Waals surface area contributed by atoms with E-state index < -0.39 is 0 Å². The number of hydrogen-bond donors (Lipinski definition) is 0. The summed E-state index contributed by atoms with van der Waals surface area (Å²) in [7, 11) is 0. The van der Waals surface area contributed by atoms with Gasteiger partial charge in [-0.15, -0.1) is 6.58 Å². The van der Waals surface area contributed by atoms with Gasteiger partial charge in [-0.05, 0) is 6.92 Å². The summed E-state index contributed by atoms with van der Waals surface area (Å²) in [5.74, 6) is 0. The van der Waals surface area contributed by atoms with Gasteiger partial charge < -0.3 is 14.2 Å². The monoisotopic (exact) mass is 206 g/mol. The number of hydrogen-bond acceptors (Lipinski definition) is 3. The van der Waals surface area contributed by atoms with Crippen molar-refractivity contribution in [1.29, 1.82) is 0 Å². The average molecular weight is 207 g/mol. The van der Waals surface area contributed by atoms with Gasteiger partial charge in [-0.3, -0.25) is 0 Å². The molecule has 2 fully saturated rings. The molecule has 0 aromatic carbocycles. The molecule has 0 bridgehead atoms. The maximum atomic E-state index is 5.31. The molecule has 3 nitrogen and oxygen atoms in total. The van der Waals surface area contributed by atoms with Gasteiger partial charge in [-0.25, -0.2) is 0 Å². The predicted octanol–water partition coefficient (Wildman–Crippen LogP) is 1.56. The Bertz CT molecular complexity index is 153. The van der Waals surface area contributed by atoms with E-state index in [-0.39, 0.29) is 5.56 Å². The highest BCUT2D eigenvalue weighted by molar-refractivity contribution is 6.21. The Kier molecular flexibility index (Phi) is 4.73. The molecule has 2 saturated heterocycles. The molecule has 0 aromatic rings. The minimum absolute atomic E-state index is 0.0231. The molecular formula is C9H15ClO3. The van der Waals surface area contributed by atoms with E-state index >= 15 is 0 Å². The number of alkyl halides is 1. The summed E-state index contributed by atoms with van der Waals surface area (Å²) in [6, 6.07) is 0. The van der Waals surface area contributed by atoms with Crippen molar-refractivity contribution in [2.75, 3.05) is 19.8 Å². The molecule has 13 heavy (non-hydrogen) atoms. The zero-order chi connectivity index (χ0) is 9.68. The van der Waals surface area contributed by atoms with Crippen LogP contribution < -0.4 is 0 Å². The van der Waals surface area contributed by atoms with E-state index in [4.69, 9.17) is 21.1 Å². The van der Waals surface area contributed by atoms with E-state index in [2.05, 4.69) is 11.3 Å². The molecule has 3 unspecified atom stereocenters. The molecule has 0 aromatic heterocycles. The number of epoxide rings is 2. The van der Waals surface area contributed by atoms with Gasteiger partial charge in [-0.1, -0.05) is 17.7 Å². The highest BCUT2D eigenvalue weighted by Gasteiger charge is 2.30. The molecule has 4 heteroatoms. The summed E-state index contributed by atoms with van der Waals surface area (Å²) in [4.78, 5) is 0. The molecule has 0 spiro atoms. The fraction of sp³-hybridized carbons (Fsp3) is 0.778. The lowest BCUT2D eigenvalue weighted by molar-refractivity contribution is 0.141. The van der Waals surface area contributed by atoms with Gasteiger partial charge in [0.2, 0.25) is 0 Å². The quantitative estimate of drug-likeness (QED) is 0.303. The van der Waals surface area contributed by atoms with E-state index in [0.717, 1.165) is 13.2 Å². The van der Waals surface area contributed by atoms with Crippen LogP contribution in [0.4, 0.5) is 0 Å². The van der Waals surface area contributed by atoms with Crippen LogP contribution in [-0.4, -0.2) is 37.6 Å². The van der Waals surface area contributed by atoms with Gasteiger partial charge in [0, 0.05) is 0 Å². The Balaban J connectivity index is 0.000000145. The lowest BCUT2D eigenvalue weighted by Crippen LogP contribution is -2.00. The highest BCUT2D eigenvalue weighted by atomic mass is 35.5. The zero-order valence-corrected chi connectivity index (χ0v) is 8.50. The third-order valence-electron chi connectivity index (χ3n) is 1.58. The van der Waals surface area contributed by atoms with Crippen LogP contribution in [0.3, 0.4) is 0 Å². The van der Waals surface area contributed by atoms with Crippen molar-refractivity contribution in [3.8, 4) is 0 Å². The first-order valence-electron chi connectivity index (χ1n) is 4.34. The Hall–Kier alpha value is -0.0900. The van der Waals surface area contributed by atoms with Gasteiger partial charge >= 0.3 is 0 Å². The first-order valence-corrected chi connectivity index (χ1v) is 4.77. The van der Waals surface area contributed by atoms with Crippen LogP contribution in [0, 0.1) is 0 Å². The topological polar surface area (TPSA) is 34.3 Å². The average Bonchev–Trinajstić information content (AvgIpc) is 2.97. The molecule has 0 amide bonds. The summed E-state index contributed by atoms with van der Waals surface area (Å²) in [6.07, 6.45) is 2.44. The Morgan fingerprint density at radius 1 is 1.69 bits per heavy atom. The van der Waals surface area contributed by atoms with Crippen molar-refractivity contribution >= 4 is 11.6 Å². The Labute approximate surface area is 83.6 Å². The fourth-order valence-corrected chi connectivity index (χ4v) is 0.769. The van der Waals surface area contributed by atoms with Crippen molar-refractivity contribution in [2.24, 2.45) is 0 Å². The van der Waals surface area contributed by atoms with Crippen molar-refractivity contribution in [3.05, 3.63) is 12.7 Å². The first-order chi connectivity index (χ1) is 6.24. The van der Waals surface area contributed by atoms with E-state index in [1.807, 2.05) is 6.92 Å². The molecule has 0 radical (unpaired) electrons. The SMILES string of the molecule is C=CCOCC1CO1.CC1OC1Cl. The largest absolute Gasteiger partial charge is 0.375 e. The number of rotatable bonds is 4. The maximum Gasteiger partial charge on any atom is 0.157 e. The molecule has 0 saturated carbocycles. The first kappa shape index (κ1) is 11.0. The van der Waals surface area contributed by atoms with Crippen LogP contribution in [0.5, 0.6) is 0 Å². The summed E-state index contributed by atoms with van der Waals surface area (Å²) in [5, 5.41) is 0. The van der Waals surface area contributed by atoms with Crippen LogP contribution in [-0.2, 0) is 14.2 Å². The maximum absolute atomic E-state index is 5.31. The van der Waals surface area contributed by atoms with Gasteiger partial charge in [0.15, 0.2) is 5.56 Å². The van der Waals surface area contributed by atoms with Crippen LogP contribution in [0.1, 0.15) is 6.92 Å². The second-order valence-electron chi connectivity index (χ2n) is 2.97. The van der Waals surface area contributed by atoms with Crippen LogP contribution in [0.25, 0.3) is 0 Å².